The molecular weight excluding hydrogens is 304 g/mol. The van der Waals surface area contributed by atoms with Crippen molar-refractivity contribution in [3.8, 4) is 5.88 Å². The molecule has 0 saturated carbocycles. The Balaban J connectivity index is 0.00000180. The lowest BCUT2D eigenvalue weighted by Gasteiger charge is -2.13. The number of pyridine rings is 1. The second kappa shape index (κ2) is 6.63. The van der Waals surface area contributed by atoms with E-state index in [0.29, 0.717) is 6.61 Å². The van der Waals surface area contributed by atoms with Crippen LogP contribution in [0.4, 0.5) is 13.2 Å². The van der Waals surface area contributed by atoms with Gasteiger partial charge in [0.2, 0.25) is 5.88 Å². The van der Waals surface area contributed by atoms with E-state index in [-0.39, 0.29) is 29.4 Å². The van der Waals surface area contributed by atoms with E-state index in [2.05, 4.69) is 10.3 Å². The van der Waals surface area contributed by atoms with Crippen LogP contribution >= 0.6 is 24.0 Å². The number of hydrogen-bond acceptors (Lipinski definition) is 3. The van der Waals surface area contributed by atoms with E-state index in [9.17, 15) is 13.2 Å². The van der Waals surface area contributed by atoms with E-state index in [0.717, 1.165) is 31.6 Å². The summed E-state index contributed by atoms with van der Waals surface area (Å²) in [5, 5.41) is 3.08. The van der Waals surface area contributed by atoms with Crippen molar-refractivity contribution in [3.63, 3.8) is 0 Å². The second-order valence-corrected chi connectivity index (χ2v) is 4.52. The smallest absolute Gasteiger partial charge is 0.417 e. The first-order valence-corrected chi connectivity index (χ1v) is 5.93. The van der Waals surface area contributed by atoms with Gasteiger partial charge in [0.25, 0.3) is 0 Å². The van der Waals surface area contributed by atoms with Gasteiger partial charge >= 0.3 is 6.18 Å². The number of rotatable bonds is 3. The summed E-state index contributed by atoms with van der Waals surface area (Å²) < 4.78 is 42.5. The number of nitrogens with zero attached hydrogens (tertiary/aromatic N) is 1. The first-order chi connectivity index (χ1) is 8.47. The number of halogens is 5. The lowest BCUT2D eigenvalue weighted by Crippen LogP contribution is -2.28. The van der Waals surface area contributed by atoms with Gasteiger partial charge in [0, 0.05) is 12.2 Å². The maximum Gasteiger partial charge on any atom is 0.417 e. The first-order valence-electron chi connectivity index (χ1n) is 5.56. The van der Waals surface area contributed by atoms with Crippen molar-refractivity contribution in [2.75, 3.05) is 13.2 Å². The molecule has 2 rings (SSSR count). The van der Waals surface area contributed by atoms with Crippen LogP contribution in [0.25, 0.3) is 0 Å². The zero-order chi connectivity index (χ0) is 13.2. The Hall–Kier alpha value is -0.720. The average molecular weight is 317 g/mol. The average Bonchev–Trinajstić information content (AvgIpc) is 2.79. The largest absolute Gasteiger partial charge is 0.475 e. The predicted octanol–water partition coefficient (Wildman–Crippen LogP) is 3.31. The van der Waals surface area contributed by atoms with Crippen LogP contribution in [-0.2, 0) is 6.18 Å². The fourth-order valence-electron chi connectivity index (χ4n) is 1.77. The van der Waals surface area contributed by atoms with Crippen molar-refractivity contribution in [2.24, 2.45) is 0 Å². The molecule has 19 heavy (non-hydrogen) atoms. The molecule has 0 aromatic carbocycles. The molecule has 2 heterocycles. The minimum atomic E-state index is -4.44. The van der Waals surface area contributed by atoms with Gasteiger partial charge in [0.1, 0.15) is 11.6 Å². The fourth-order valence-corrected chi connectivity index (χ4v) is 1.99. The molecule has 1 aromatic rings. The van der Waals surface area contributed by atoms with E-state index < -0.39 is 11.7 Å². The van der Waals surface area contributed by atoms with E-state index >= 15 is 0 Å². The molecule has 1 saturated heterocycles. The second-order valence-electron chi connectivity index (χ2n) is 4.11. The van der Waals surface area contributed by atoms with Crippen molar-refractivity contribution in [3.05, 3.63) is 22.8 Å². The molecule has 1 atom stereocenters. The van der Waals surface area contributed by atoms with Gasteiger partial charge in [0.05, 0.1) is 5.56 Å². The Kier molecular flexibility index (Phi) is 5.70. The van der Waals surface area contributed by atoms with Crippen LogP contribution in [0, 0.1) is 0 Å². The lowest BCUT2D eigenvalue weighted by molar-refractivity contribution is -0.137. The highest BCUT2D eigenvalue weighted by Crippen LogP contribution is 2.33. The maximum atomic E-state index is 12.4. The molecule has 1 aliphatic rings. The number of ether oxygens (including phenoxy) is 1. The van der Waals surface area contributed by atoms with Crippen molar-refractivity contribution < 1.29 is 17.9 Å². The zero-order valence-electron chi connectivity index (χ0n) is 9.84. The van der Waals surface area contributed by atoms with Crippen LogP contribution < -0.4 is 10.1 Å². The number of nitrogens with one attached hydrogen (secondary N) is 1. The van der Waals surface area contributed by atoms with Crippen molar-refractivity contribution in [1.82, 2.24) is 10.3 Å². The summed E-state index contributed by atoms with van der Waals surface area (Å²) in [5.41, 5.74) is -0.876. The Morgan fingerprint density at radius 1 is 1.47 bits per heavy atom. The predicted molar refractivity (Wildman–Crippen MR) is 68.0 cm³/mol. The highest BCUT2D eigenvalue weighted by molar-refractivity contribution is 6.31. The molecule has 8 heteroatoms. The van der Waals surface area contributed by atoms with Crippen LogP contribution in [0.2, 0.25) is 5.02 Å². The van der Waals surface area contributed by atoms with Crippen molar-refractivity contribution >= 4 is 24.0 Å². The Morgan fingerprint density at radius 2 is 2.21 bits per heavy atom. The van der Waals surface area contributed by atoms with Gasteiger partial charge in [-0.2, -0.15) is 13.2 Å². The Morgan fingerprint density at radius 3 is 2.74 bits per heavy atom. The molecule has 0 bridgehead atoms. The van der Waals surface area contributed by atoms with Gasteiger partial charge in [0.15, 0.2) is 0 Å². The van der Waals surface area contributed by atoms with Gasteiger partial charge in [-0.15, -0.1) is 12.4 Å². The van der Waals surface area contributed by atoms with Gasteiger partial charge in [-0.1, -0.05) is 11.6 Å². The number of aromatic nitrogens is 1. The summed E-state index contributed by atoms with van der Waals surface area (Å²) in [4.78, 5) is 3.60. The van der Waals surface area contributed by atoms with E-state index in [1.54, 1.807) is 0 Å². The van der Waals surface area contributed by atoms with Crippen LogP contribution in [0.3, 0.4) is 0 Å². The highest BCUT2D eigenvalue weighted by Gasteiger charge is 2.31. The summed E-state index contributed by atoms with van der Waals surface area (Å²) in [6, 6.07) is 1.04. The molecular formula is C11H13Cl2F3N2O. The maximum absolute atomic E-state index is 12.4. The van der Waals surface area contributed by atoms with E-state index in [1.807, 2.05) is 0 Å². The first kappa shape index (κ1) is 16.3. The van der Waals surface area contributed by atoms with E-state index in [4.69, 9.17) is 16.3 Å². The molecule has 0 amide bonds. The molecule has 108 valence electrons. The molecule has 1 aliphatic heterocycles. The monoisotopic (exact) mass is 316 g/mol. The van der Waals surface area contributed by atoms with Crippen LogP contribution in [0.5, 0.6) is 5.88 Å². The third-order valence-electron chi connectivity index (χ3n) is 2.72. The quantitative estimate of drug-likeness (QED) is 0.929. The highest BCUT2D eigenvalue weighted by atomic mass is 35.5. The van der Waals surface area contributed by atoms with Crippen molar-refractivity contribution in [2.45, 2.75) is 25.1 Å². The topological polar surface area (TPSA) is 34.1 Å². The Labute approximate surface area is 119 Å². The minimum Gasteiger partial charge on any atom is -0.475 e. The summed E-state index contributed by atoms with van der Waals surface area (Å²) in [6.45, 7) is 1.29. The standard InChI is InChI=1S/C11H12ClF3N2O.ClH/c12-9-4-7(11(13,14)15)5-17-10(9)18-6-8-2-1-3-16-8;/h4-5,8,16H,1-3,6H2;1H. The number of hydrogen-bond donors (Lipinski definition) is 1. The van der Waals surface area contributed by atoms with Crippen LogP contribution in [0.1, 0.15) is 18.4 Å². The molecule has 1 unspecified atom stereocenters. The van der Waals surface area contributed by atoms with Gasteiger partial charge in [-0.3, -0.25) is 0 Å². The molecule has 1 aromatic heterocycles. The van der Waals surface area contributed by atoms with Crippen LogP contribution in [0.15, 0.2) is 12.3 Å². The van der Waals surface area contributed by atoms with Gasteiger partial charge in [-0.25, -0.2) is 4.98 Å². The minimum absolute atomic E-state index is 0. The fraction of sp³-hybridized carbons (Fsp3) is 0.545. The summed E-state index contributed by atoms with van der Waals surface area (Å²) in [5.74, 6) is 0.0402. The molecule has 0 spiro atoms. The molecule has 1 N–H and O–H groups in total. The SMILES string of the molecule is Cl.FC(F)(F)c1cnc(OCC2CCCN2)c(Cl)c1. The summed E-state index contributed by atoms with van der Waals surface area (Å²) in [6.07, 6.45) is -1.66. The van der Waals surface area contributed by atoms with E-state index in [1.165, 1.54) is 0 Å². The molecule has 1 fully saturated rings. The van der Waals surface area contributed by atoms with Gasteiger partial charge < -0.3 is 10.1 Å². The van der Waals surface area contributed by atoms with Crippen LogP contribution in [-0.4, -0.2) is 24.2 Å². The Bertz CT molecular complexity index is 423. The number of alkyl halides is 3. The molecule has 3 nitrogen and oxygen atoms in total. The third-order valence-corrected chi connectivity index (χ3v) is 2.99. The summed E-state index contributed by atoms with van der Waals surface area (Å²) in [7, 11) is 0. The lowest BCUT2D eigenvalue weighted by atomic mass is 10.2. The zero-order valence-corrected chi connectivity index (χ0v) is 11.4. The third kappa shape index (κ3) is 4.40. The summed E-state index contributed by atoms with van der Waals surface area (Å²) >= 11 is 5.71. The molecule has 0 radical (unpaired) electrons. The normalized spacial score (nSPS) is 19.1. The van der Waals surface area contributed by atoms with Gasteiger partial charge in [-0.05, 0) is 25.5 Å². The van der Waals surface area contributed by atoms with Crippen molar-refractivity contribution in [1.29, 1.82) is 0 Å². The molecule has 0 aliphatic carbocycles.